The van der Waals surface area contributed by atoms with Gasteiger partial charge in [-0.2, -0.15) is 0 Å². The Kier molecular flexibility index (Phi) is 3.25. The van der Waals surface area contributed by atoms with E-state index in [0.29, 0.717) is 22.2 Å². The van der Waals surface area contributed by atoms with Crippen LogP contribution in [-0.2, 0) is 0 Å². The molecule has 0 aromatic heterocycles. The van der Waals surface area contributed by atoms with Crippen LogP contribution in [0.1, 0.15) is 50.4 Å². The smallest absolute Gasteiger partial charge is 0.251 e. The number of carbonyl (C=O) groups excluding carboxylic acids is 1. The lowest BCUT2D eigenvalue weighted by molar-refractivity contribution is 0.0737. The molecule has 0 radical (unpaired) electrons. The van der Waals surface area contributed by atoms with Crippen LogP contribution in [0.2, 0.25) is 5.02 Å². The van der Waals surface area contributed by atoms with Crippen molar-refractivity contribution in [2.45, 2.75) is 46.1 Å². The second kappa shape index (κ2) is 4.64. The Morgan fingerprint density at radius 2 is 2.05 bits per heavy atom. The number of benzene rings is 1. The number of fused-ring (bicyclic) bond motifs is 2. The van der Waals surface area contributed by atoms with Crippen LogP contribution in [-0.4, -0.2) is 11.9 Å². The number of nitrogens with two attached hydrogens (primary N) is 1. The van der Waals surface area contributed by atoms with Gasteiger partial charge in [0.25, 0.3) is 5.91 Å². The Morgan fingerprint density at radius 1 is 1.33 bits per heavy atom. The van der Waals surface area contributed by atoms with Gasteiger partial charge >= 0.3 is 0 Å². The van der Waals surface area contributed by atoms with Crippen molar-refractivity contribution in [2.75, 3.05) is 5.73 Å². The van der Waals surface area contributed by atoms with Crippen molar-refractivity contribution in [2.24, 2.45) is 16.7 Å². The molecule has 1 aromatic carbocycles. The van der Waals surface area contributed by atoms with Gasteiger partial charge in [-0.25, -0.2) is 0 Å². The topological polar surface area (TPSA) is 55.1 Å². The molecular weight excluding hydrogens is 284 g/mol. The van der Waals surface area contributed by atoms with Gasteiger partial charge in [0.2, 0.25) is 0 Å². The Labute approximate surface area is 131 Å². The number of nitrogen functional groups attached to an aromatic ring is 1. The lowest BCUT2D eigenvalue weighted by Crippen LogP contribution is -2.52. The van der Waals surface area contributed by atoms with E-state index in [9.17, 15) is 4.79 Å². The third kappa shape index (κ3) is 2.32. The van der Waals surface area contributed by atoms with Crippen molar-refractivity contribution >= 4 is 23.2 Å². The normalized spacial score (nSPS) is 33.1. The molecule has 4 heteroatoms. The first kappa shape index (κ1) is 14.7. The average Bonchev–Trinajstić information content (AvgIpc) is 2.84. The average molecular weight is 307 g/mol. The lowest BCUT2D eigenvalue weighted by Gasteiger charge is -2.43. The number of halogens is 1. The number of carbonyl (C=O) groups is 1. The molecule has 2 aliphatic rings. The molecule has 3 nitrogen and oxygen atoms in total. The molecule has 0 spiro atoms. The Balaban J connectivity index is 1.84. The molecule has 2 bridgehead atoms. The highest BCUT2D eigenvalue weighted by Gasteiger charge is 2.59. The van der Waals surface area contributed by atoms with Gasteiger partial charge in [-0.05, 0) is 54.2 Å². The van der Waals surface area contributed by atoms with Crippen molar-refractivity contribution in [3.05, 3.63) is 28.8 Å². The minimum Gasteiger partial charge on any atom is -0.399 e. The summed E-state index contributed by atoms with van der Waals surface area (Å²) >= 11 is 6.00. The van der Waals surface area contributed by atoms with Crippen molar-refractivity contribution in [3.8, 4) is 0 Å². The second-order valence-corrected chi connectivity index (χ2v) is 8.03. The highest BCUT2D eigenvalue weighted by atomic mass is 35.5. The summed E-state index contributed by atoms with van der Waals surface area (Å²) in [6, 6.07) is 5.22. The molecule has 1 aromatic rings. The zero-order valence-corrected chi connectivity index (χ0v) is 13.6. The van der Waals surface area contributed by atoms with E-state index in [-0.39, 0.29) is 22.8 Å². The summed E-state index contributed by atoms with van der Waals surface area (Å²) in [5, 5.41) is 3.76. The summed E-state index contributed by atoms with van der Waals surface area (Å²) < 4.78 is 0. The standard InChI is InChI=1S/C17H23ClN2O/c1-16(2)11-4-5-17(3,9-11)15(16)20-14(21)10-6-12(18)8-13(19)7-10/h6-8,11,15H,4-5,9,19H2,1-3H3,(H,20,21). The molecule has 2 aliphatic carbocycles. The summed E-state index contributed by atoms with van der Waals surface area (Å²) in [6.07, 6.45) is 3.69. The van der Waals surface area contributed by atoms with Gasteiger partial charge in [0.15, 0.2) is 0 Å². The van der Waals surface area contributed by atoms with Crippen molar-refractivity contribution in [1.82, 2.24) is 5.32 Å². The van der Waals surface area contributed by atoms with Gasteiger partial charge in [-0.3, -0.25) is 4.79 Å². The largest absolute Gasteiger partial charge is 0.399 e. The van der Waals surface area contributed by atoms with E-state index in [1.165, 1.54) is 19.3 Å². The maximum Gasteiger partial charge on any atom is 0.251 e. The summed E-state index contributed by atoms with van der Waals surface area (Å²) in [4.78, 5) is 12.6. The number of rotatable bonds is 2. The van der Waals surface area contributed by atoms with Crippen molar-refractivity contribution in [1.29, 1.82) is 0 Å². The molecule has 2 fully saturated rings. The van der Waals surface area contributed by atoms with Gasteiger partial charge in [-0.15, -0.1) is 0 Å². The molecule has 114 valence electrons. The van der Waals surface area contributed by atoms with Crippen LogP contribution in [0.3, 0.4) is 0 Å². The predicted molar refractivity (Wildman–Crippen MR) is 86.3 cm³/mol. The van der Waals surface area contributed by atoms with Crippen LogP contribution in [0, 0.1) is 16.7 Å². The van der Waals surface area contributed by atoms with E-state index in [4.69, 9.17) is 17.3 Å². The highest BCUT2D eigenvalue weighted by molar-refractivity contribution is 6.31. The Morgan fingerprint density at radius 3 is 2.62 bits per heavy atom. The van der Waals surface area contributed by atoms with E-state index < -0.39 is 0 Å². The Hall–Kier alpha value is -1.22. The van der Waals surface area contributed by atoms with Crippen LogP contribution in [0.5, 0.6) is 0 Å². The molecular formula is C17H23ClN2O. The van der Waals surface area contributed by atoms with Crippen LogP contribution < -0.4 is 11.1 Å². The fourth-order valence-corrected chi connectivity index (χ4v) is 4.86. The summed E-state index contributed by atoms with van der Waals surface area (Å²) in [6.45, 7) is 6.86. The maximum atomic E-state index is 12.6. The predicted octanol–water partition coefficient (Wildman–Crippen LogP) is 3.87. The second-order valence-electron chi connectivity index (χ2n) is 7.59. The minimum atomic E-state index is -0.0731. The van der Waals surface area contributed by atoms with Crippen LogP contribution in [0.25, 0.3) is 0 Å². The number of hydrogen-bond acceptors (Lipinski definition) is 2. The van der Waals surface area contributed by atoms with E-state index in [1.807, 2.05) is 0 Å². The highest BCUT2D eigenvalue weighted by Crippen LogP contribution is 2.62. The zero-order valence-electron chi connectivity index (χ0n) is 12.9. The number of nitrogens with one attached hydrogen (secondary N) is 1. The SMILES string of the molecule is CC12CCC(C1)C(C)(C)C2NC(=O)c1cc(N)cc(Cl)c1. The molecule has 0 heterocycles. The van der Waals surface area contributed by atoms with Gasteiger partial charge in [0.1, 0.15) is 0 Å². The molecule has 3 atom stereocenters. The first-order valence-electron chi connectivity index (χ1n) is 7.59. The molecule has 1 amide bonds. The third-order valence-corrected chi connectivity index (χ3v) is 5.95. The maximum absolute atomic E-state index is 12.6. The van der Waals surface area contributed by atoms with E-state index in [1.54, 1.807) is 18.2 Å². The number of anilines is 1. The first-order valence-corrected chi connectivity index (χ1v) is 7.97. The van der Waals surface area contributed by atoms with Gasteiger partial charge < -0.3 is 11.1 Å². The number of amides is 1. The molecule has 2 saturated carbocycles. The first-order chi connectivity index (χ1) is 9.72. The zero-order chi connectivity index (χ0) is 15.4. The quantitative estimate of drug-likeness (QED) is 0.815. The molecule has 0 saturated heterocycles. The van der Waals surface area contributed by atoms with Gasteiger partial charge in [0.05, 0.1) is 0 Å². The molecule has 3 rings (SSSR count). The fourth-order valence-electron chi connectivity index (χ4n) is 4.62. The molecule has 21 heavy (non-hydrogen) atoms. The third-order valence-electron chi connectivity index (χ3n) is 5.73. The Bertz CT molecular complexity index is 573. The van der Waals surface area contributed by atoms with E-state index >= 15 is 0 Å². The van der Waals surface area contributed by atoms with Gasteiger partial charge in [-0.1, -0.05) is 32.4 Å². The van der Waals surface area contributed by atoms with Crippen LogP contribution >= 0.6 is 11.6 Å². The monoisotopic (exact) mass is 306 g/mol. The van der Waals surface area contributed by atoms with E-state index in [2.05, 4.69) is 26.1 Å². The van der Waals surface area contributed by atoms with Gasteiger partial charge in [0, 0.05) is 22.3 Å². The van der Waals surface area contributed by atoms with Crippen molar-refractivity contribution in [3.63, 3.8) is 0 Å². The molecule has 0 aliphatic heterocycles. The van der Waals surface area contributed by atoms with E-state index in [0.717, 1.165) is 0 Å². The fraction of sp³-hybridized carbons (Fsp3) is 0.588. The molecule has 3 unspecified atom stereocenters. The minimum absolute atomic E-state index is 0.0731. The summed E-state index contributed by atoms with van der Waals surface area (Å²) in [5.41, 5.74) is 7.21. The molecule has 3 N–H and O–H groups in total. The van der Waals surface area contributed by atoms with Crippen LogP contribution in [0.4, 0.5) is 5.69 Å². The van der Waals surface area contributed by atoms with Crippen LogP contribution in [0.15, 0.2) is 18.2 Å². The summed E-state index contributed by atoms with van der Waals surface area (Å²) in [5.74, 6) is 0.633. The number of hydrogen-bond donors (Lipinski definition) is 2. The summed E-state index contributed by atoms with van der Waals surface area (Å²) in [7, 11) is 0. The van der Waals surface area contributed by atoms with Crippen molar-refractivity contribution < 1.29 is 4.79 Å². The lowest BCUT2D eigenvalue weighted by atomic mass is 9.68.